The first-order valence-corrected chi connectivity index (χ1v) is 13.4. The van der Waals surface area contributed by atoms with Crippen LogP contribution in [-0.4, -0.2) is 44.0 Å². The van der Waals surface area contributed by atoms with Crippen molar-refractivity contribution in [3.8, 4) is 0 Å². The molecule has 180 valence electrons. The highest BCUT2D eigenvalue weighted by Crippen LogP contribution is 2.26. The topological polar surface area (TPSA) is 99.0 Å². The van der Waals surface area contributed by atoms with E-state index in [0.717, 1.165) is 22.1 Å². The van der Waals surface area contributed by atoms with Crippen molar-refractivity contribution >= 4 is 51.9 Å². The monoisotopic (exact) mass is 517 g/mol. The highest BCUT2D eigenvalue weighted by Gasteiger charge is 2.19. The summed E-state index contributed by atoms with van der Waals surface area (Å²) in [5, 5.41) is 12.3. The molecule has 1 aromatic carbocycles. The van der Waals surface area contributed by atoms with Crippen molar-refractivity contribution in [3.05, 3.63) is 59.4 Å². The molecule has 0 atom stereocenters. The van der Waals surface area contributed by atoms with E-state index in [0.29, 0.717) is 39.8 Å². The van der Waals surface area contributed by atoms with Crippen LogP contribution in [-0.2, 0) is 21.8 Å². The zero-order chi connectivity index (χ0) is 24.5. The number of aryl methyl sites for hydroxylation is 1. The van der Waals surface area contributed by atoms with Crippen molar-refractivity contribution in [1.82, 2.24) is 19.7 Å². The standard InChI is InChI=1S/C23H27N5O3S3/c1-5-11-28-18(13-32-17-9-7-6-8-10-17)26-27-23(28)33-14-19(29)25-22-24-16(4)20(34-22)21(30)31-12-15(2)3/h5-10,15H,1,11-14H2,2-4H3,(H,24,25,29). The molecule has 0 aliphatic carbocycles. The number of carbonyl (C=O) groups excluding carboxylic acids is 2. The number of anilines is 1. The molecule has 8 nitrogen and oxygen atoms in total. The van der Waals surface area contributed by atoms with Gasteiger partial charge in [-0.1, -0.05) is 61.2 Å². The van der Waals surface area contributed by atoms with Crippen LogP contribution in [0.3, 0.4) is 0 Å². The molecule has 11 heteroatoms. The number of carbonyl (C=O) groups is 2. The SMILES string of the molecule is C=CCn1c(CSc2ccccc2)nnc1SCC(=O)Nc1nc(C)c(C(=O)OCC(C)C)s1. The maximum atomic E-state index is 12.5. The molecule has 0 aliphatic rings. The maximum absolute atomic E-state index is 12.5. The molecule has 3 rings (SSSR count). The number of esters is 1. The summed E-state index contributed by atoms with van der Waals surface area (Å²) in [6.45, 7) is 10.4. The minimum atomic E-state index is -0.419. The van der Waals surface area contributed by atoms with Crippen molar-refractivity contribution in [3.63, 3.8) is 0 Å². The minimum Gasteiger partial charge on any atom is -0.461 e. The second-order valence-electron chi connectivity index (χ2n) is 7.66. The van der Waals surface area contributed by atoms with Gasteiger partial charge in [0.15, 0.2) is 10.3 Å². The molecule has 0 bridgehead atoms. The van der Waals surface area contributed by atoms with Crippen LogP contribution in [0.25, 0.3) is 0 Å². The normalized spacial score (nSPS) is 10.9. The molecule has 34 heavy (non-hydrogen) atoms. The third kappa shape index (κ3) is 7.44. The van der Waals surface area contributed by atoms with Gasteiger partial charge in [0.25, 0.3) is 0 Å². The third-order valence-electron chi connectivity index (χ3n) is 4.32. The summed E-state index contributed by atoms with van der Waals surface area (Å²) in [5.41, 5.74) is 0.535. The molecule has 1 amide bonds. The number of nitrogens with one attached hydrogen (secondary N) is 1. The fraction of sp³-hybridized carbons (Fsp3) is 0.348. The lowest BCUT2D eigenvalue weighted by Gasteiger charge is -2.07. The zero-order valence-corrected chi connectivity index (χ0v) is 21.8. The van der Waals surface area contributed by atoms with Gasteiger partial charge in [0.1, 0.15) is 10.7 Å². The van der Waals surface area contributed by atoms with E-state index in [2.05, 4.69) is 39.2 Å². The van der Waals surface area contributed by atoms with E-state index in [4.69, 9.17) is 4.74 Å². The Labute approximate surface area is 211 Å². The number of aromatic nitrogens is 4. The number of allylic oxidation sites excluding steroid dienone is 1. The number of hydrogen-bond donors (Lipinski definition) is 1. The number of rotatable bonds is 12. The smallest absolute Gasteiger partial charge is 0.350 e. The van der Waals surface area contributed by atoms with Crippen LogP contribution in [0.15, 0.2) is 53.0 Å². The van der Waals surface area contributed by atoms with Crippen LogP contribution < -0.4 is 5.32 Å². The van der Waals surface area contributed by atoms with Gasteiger partial charge in [0.05, 0.1) is 23.8 Å². The summed E-state index contributed by atoms with van der Waals surface area (Å²) in [4.78, 5) is 30.6. The molecule has 3 aromatic rings. The van der Waals surface area contributed by atoms with Gasteiger partial charge in [-0.2, -0.15) is 0 Å². The first-order chi connectivity index (χ1) is 16.4. The Morgan fingerprint density at radius 1 is 1.24 bits per heavy atom. The second-order valence-corrected chi connectivity index (χ2v) is 10.7. The molecule has 1 N–H and O–H groups in total. The summed E-state index contributed by atoms with van der Waals surface area (Å²) in [7, 11) is 0. The third-order valence-corrected chi connectivity index (χ3v) is 7.35. The first kappa shape index (κ1) is 26.0. The van der Waals surface area contributed by atoms with E-state index in [9.17, 15) is 9.59 Å². The largest absolute Gasteiger partial charge is 0.461 e. The lowest BCUT2D eigenvalue weighted by molar-refractivity contribution is -0.113. The van der Waals surface area contributed by atoms with Crippen LogP contribution in [0.4, 0.5) is 5.13 Å². The molecule has 2 heterocycles. The summed E-state index contributed by atoms with van der Waals surface area (Å²) in [6, 6.07) is 10.1. The summed E-state index contributed by atoms with van der Waals surface area (Å²) >= 11 is 4.08. The van der Waals surface area contributed by atoms with Crippen molar-refractivity contribution < 1.29 is 14.3 Å². The van der Waals surface area contributed by atoms with E-state index >= 15 is 0 Å². The average molecular weight is 518 g/mol. The number of thioether (sulfide) groups is 2. The average Bonchev–Trinajstić information content (AvgIpc) is 3.38. The zero-order valence-electron chi connectivity index (χ0n) is 19.3. The lowest BCUT2D eigenvalue weighted by Crippen LogP contribution is -2.14. The minimum absolute atomic E-state index is 0.132. The second kappa shape index (κ2) is 12.7. The fourth-order valence-electron chi connectivity index (χ4n) is 2.74. The van der Waals surface area contributed by atoms with Crippen LogP contribution >= 0.6 is 34.9 Å². The van der Waals surface area contributed by atoms with Crippen molar-refractivity contribution in [2.75, 3.05) is 17.7 Å². The molecular weight excluding hydrogens is 490 g/mol. The summed E-state index contributed by atoms with van der Waals surface area (Å²) < 4.78 is 7.22. The molecule has 0 spiro atoms. The van der Waals surface area contributed by atoms with Gasteiger partial charge in [-0.25, -0.2) is 9.78 Å². The maximum Gasteiger partial charge on any atom is 0.350 e. The van der Waals surface area contributed by atoms with E-state index < -0.39 is 5.97 Å². The Kier molecular flexibility index (Phi) is 9.73. The van der Waals surface area contributed by atoms with Crippen LogP contribution in [0, 0.1) is 12.8 Å². The van der Waals surface area contributed by atoms with E-state index in [1.165, 1.54) is 11.8 Å². The predicted octanol–water partition coefficient (Wildman–Crippen LogP) is 5.06. The molecule has 0 saturated heterocycles. The predicted molar refractivity (Wildman–Crippen MR) is 138 cm³/mol. The van der Waals surface area contributed by atoms with Gasteiger partial charge < -0.3 is 14.6 Å². The Morgan fingerprint density at radius 2 is 2.00 bits per heavy atom. The molecule has 0 fully saturated rings. The van der Waals surface area contributed by atoms with E-state index in [1.807, 2.05) is 36.6 Å². The molecule has 0 aliphatic heterocycles. The van der Waals surface area contributed by atoms with Crippen LogP contribution in [0.2, 0.25) is 0 Å². The number of ether oxygens (including phenoxy) is 1. The van der Waals surface area contributed by atoms with Crippen LogP contribution in [0.5, 0.6) is 0 Å². The number of nitrogens with zero attached hydrogens (tertiary/aromatic N) is 4. The Bertz CT molecular complexity index is 1130. The van der Waals surface area contributed by atoms with E-state index in [1.54, 1.807) is 24.8 Å². The van der Waals surface area contributed by atoms with Gasteiger partial charge in [0, 0.05) is 11.4 Å². The lowest BCUT2D eigenvalue weighted by atomic mass is 10.2. The molecule has 0 unspecified atom stereocenters. The van der Waals surface area contributed by atoms with Crippen LogP contribution in [0.1, 0.15) is 35.0 Å². The van der Waals surface area contributed by atoms with Gasteiger partial charge >= 0.3 is 5.97 Å². The highest BCUT2D eigenvalue weighted by atomic mass is 32.2. The van der Waals surface area contributed by atoms with Gasteiger partial charge in [-0.3, -0.25) is 4.79 Å². The molecule has 2 aromatic heterocycles. The van der Waals surface area contributed by atoms with Crippen molar-refractivity contribution in [1.29, 1.82) is 0 Å². The number of amides is 1. The first-order valence-electron chi connectivity index (χ1n) is 10.6. The molecule has 0 radical (unpaired) electrons. The van der Waals surface area contributed by atoms with E-state index in [-0.39, 0.29) is 17.6 Å². The number of benzene rings is 1. The quantitative estimate of drug-likeness (QED) is 0.202. The Hall–Kier alpha value is -2.63. The fourth-order valence-corrected chi connectivity index (χ4v) is 5.24. The van der Waals surface area contributed by atoms with Crippen molar-refractivity contribution in [2.24, 2.45) is 5.92 Å². The Balaban J connectivity index is 1.57. The summed E-state index contributed by atoms with van der Waals surface area (Å²) in [6.07, 6.45) is 1.78. The number of hydrogen-bond acceptors (Lipinski definition) is 9. The summed E-state index contributed by atoms with van der Waals surface area (Å²) in [5.74, 6) is 1.19. The van der Waals surface area contributed by atoms with Gasteiger partial charge in [-0.15, -0.1) is 28.5 Å². The Morgan fingerprint density at radius 3 is 2.71 bits per heavy atom. The number of thiazole rings is 1. The van der Waals surface area contributed by atoms with Gasteiger partial charge in [0.2, 0.25) is 5.91 Å². The van der Waals surface area contributed by atoms with Crippen molar-refractivity contribution in [2.45, 2.75) is 43.1 Å². The van der Waals surface area contributed by atoms with Gasteiger partial charge in [-0.05, 0) is 25.0 Å². The molecule has 0 saturated carbocycles. The highest BCUT2D eigenvalue weighted by molar-refractivity contribution is 7.99. The molecular formula is C23H27N5O3S3.